The topological polar surface area (TPSA) is 68.2 Å². The number of carbonyl (C=O) groups is 1. The number of nitrogens with zero attached hydrogens (tertiary/aromatic N) is 2. The molecule has 0 spiro atoms. The summed E-state index contributed by atoms with van der Waals surface area (Å²) in [6.45, 7) is 7.49. The van der Waals surface area contributed by atoms with Gasteiger partial charge in [0.2, 0.25) is 5.91 Å². The first kappa shape index (κ1) is 17.0. The van der Waals surface area contributed by atoms with Crippen LogP contribution in [-0.2, 0) is 11.3 Å². The number of hydrogen-bond acceptors (Lipinski definition) is 4. The average Bonchev–Trinajstić information content (AvgIpc) is 2.44. The highest BCUT2D eigenvalue weighted by Gasteiger charge is 2.14. The Morgan fingerprint density at radius 3 is 2.67 bits per heavy atom. The molecular weight excluding hydrogens is 264 g/mol. The van der Waals surface area contributed by atoms with Crippen LogP contribution in [0.2, 0.25) is 0 Å². The predicted octanol–water partition coefficient (Wildman–Crippen LogP) is 1.63. The van der Waals surface area contributed by atoms with Crippen molar-refractivity contribution in [1.82, 2.24) is 10.6 Å². The molecule has 0 heterocycles. The van der Waals surface area contributed by atoms with Gasteiger partial charge in [-0.1, -0.05) is 6.07 Å². The molecule has 5 nitrogen and oxygen atoms in total. The fourth-order valence-electron chi connectivity index (χ4n) is 2.17. The number of nitriles is 1. The molecular formula is C16H24N4O. The molecule has 0 saturated heterocycles. The normalized spacial score (nSPS) is 10.3. The van der Waals surface area contributed by atoms with Crippen LogP contribution in [0.1, 0.15) is 31.9 Å². The number of carbonyl (C=O) groups excluding carboxylic acids is 1. The third kappa shape index (κ3) is 5.09. The van der Waals surface area contributed by atoms with Gasteiger partial charge < -0.3 is 15.5 Å². The van der Waals surface area contributed by atoms with Crippen LogP contribution in [0.4, 0.5) is 5.69 Å². The summed E-state index contributed by atoms with van der Waals surface area (Å²) in [5.41, 5.74) is 2.46. The van der Waals surface area contributed by atoms with E-state index >= 15 is 0 Å². The van der Waals surface area contributed by atoms with Crippen LogP contribution in [0.25, 0.3) is 0 Å². The van der Waals surface area contributed by atoms with E-state index in [1.165, 1.54) is 0 Å². The van der Waals surface area contributed by atoms with Gasteiger partial charge in [0.15, 0.2) is 0 Å². The number of likely N-dealkylation sites (N-methyl/N-ethyl adjacent to an activating group) is 1. The fraction of sp³-hybridized carbons (Fsp3) is 0.500. The van der Waals surface area contributed by atoms with E-state index in [0.717, 1.165) is 17.8 Å². The minimum Gasteiger partial charge on any atom is -0.361 e. The maximum Gasteiger partial charge on any atom is 0.239 e. The summed E-state index contributed by atoms with van der Waals surface area (Å²) in [7, 11) is 1.87. The first-order chi connectivity index (χ1) is 10.0. The Labute approximate surface area is 126 Å². The Hall–Kier alpha value is -2.06. The van der Waals surface area contributed by atoms with Crippen LogP contribution < -0.4 is 15.5 Å². The van der Waals surface area contributed by atoms with E-state index in [-0.39, 0.29) is 18.5 Å². The van der Waals surface area contributed by atoms with Gasteiger partial charge in [0.1, 0.15) is 6.07 Å². The molecule has 0 fully saturated rings. The number of amides is 1. The first-order valence-corrected chi connectivity index (χ1v) is 7.23. The van der Waals surface area contributed by atoms with Gasteiger partial charge in [-0.2, -0.15) is 5.26 Å². The maximum atomic E-state index is 11.9. The van der Waals surface area contributed by atoms with Crippen molar-refractivity contribution < 1.29 is 4.79 Å². The molecule has 5 heteroatoms. The van der Waals surface area contributed by atoms with Gasteiger partial charge >= 0.3 is 0 Å². The van der Waals surface area contributed by atoms with Crippen molar-refractivity contribution in [3.8, 4) is 6.07 Å². The molecule has 114 valence electrons. The Kier molecular flexibility index (Phi) is 6.70. The lowest BCUT2D eigenvalue weighted by Crippen LogP contribution is -2.40. The summed E-state index contributed by atoms with van der Waals surface area (Å²) in [4.78, 5) is 13.8. The van der Waals surface area contributed by atoms with E-state index in [4.69, 9.17) is 0 Å². The molecule has 0 atom stereocenters. The maximum absolute atomic E-state index is 11.9. The van der Waals surface area contributed by atoms with E-state index in [0.29, 0.717) is 12.1 Å². The minimum atomic E-state index is -0.0324. The lowest BCUT2D eigenvalue weighted by atomic mass is 10.1. The number of anilines is 1. The molecule has 0 bridgehead atoms. The molecule has 1 aromatic rings. The number of nitrogens with one attached hydrogen (secondary N) is 2. The van der Waals surface area contributed by atoms with Crippen LogP contribution in [-0.4, -0.2) is 32.1 Å². The van der Waals surface area contributed by atoms with Crippen molar-refractivity contribution in [3.63, 3.8) is 0 Å². The van der Waals surface area contributed by atoms with Crippen molar-refractivity contribution in [1.29, 1.82) is 5.26 Å². The highest BCUT2D eigenvalue weighted by atomic mass is 16.2. The van der Waals surface area contributed by atoms with Crippen molar-refractivity contribution in [3.05, 3.63) is 29.3 Å². The van der Waals surface area contributed by atoms with E-state index in [1.54, 1.807) is 0 Å². The minimum absolute atomic E-state index is 0.0324. The molecule has 21 heavy (non-hydrogen) atoms. The Morgan fingerprint density at radius 1 is 1.43 bits per heavy atom. The van der Waals surface area contributed by atoms with Crippen molar-refractivity contribution >= 4 is 11.6 Å². The van der Waals surface area contributed by atoms with E-state index < -0.39 is 0 Å². The largest absolute Gasteiger partial charge is 0.361 e. The number of benzene rings is 1. The molecule has 0 aliphatic rings. The molecule has 1 rings (SSSR count). The Morgan fingerprint density at radius 2 is 2.14 bits per heavy atom. The van der Waals surface area contributed by atoms with E-state index in [2.05, 4.69) is 16.7 Å². The lowest BCUT2D eigenvalue weighted by molar-refractivity contribution is -0.120. The molecule has 0 aromatic heterocycles. The Bertz CT molecular complexity index is 519. The summed E-state index contributed by atoms with van der Waals surface area (Å²) < 4.78 is 0. The van der Waals surface area contributed by atoms with E-state index in [9.17, 15) is 10.1 Å². The molecule has 2 N–H and O–H groups in total. The molecule has 1 amide bonds. The van der Waals surface area contributed by atoms with E-state index in [1.807, 2.05) is 50.9 Å². The highest BCUT2D eigenvalue weighted by molar-refractivity contribution is 5.82. The monoisotopic (exact) mass is 288 g/mol. The van der Waals surface area contributed by atoms with Gasteiger partial charge in [0.05, 0.1) is 17.8 Å². The fourth-order valence-corrected chi connectivity index (χ4v) is 2.17. The van der Waals surface area contributed by atoms with Crippen LogP contribution in [0.5, 0.6) is 0 Å². The zero-order chi connectivity index (χ0) is 15.8. The van der Waals surface area contributed by atoms with Gasteiger partial charge in [0, 0.05) is 19.1 Å². The molecule has 0 saturated carbocycles. The van der Waals surface area contributed by atoms with Crippen LogP contribution in [0.3, 0.4) is 0 Å². The third-order valence-electron chi connectivity index (χ3n) is 3.07. The lowest BCUT2D eigenvalue weighted by Gasteiger charge is -2.24. The smallest absolute Gasteiger partial charge is 0.239 e. The quantitative estimate of drug-likeness (QED) is 0.800. The molecule has 0 aliphatic heterocycles. The Balaban J connectivity index is 2.95. The summed E-state index contributed by atoms with van der Waals surface area (Å²) in [6, 6.07) is 8.10. The molecule has 0 aliphatic carbocycles. The molecule has 1 aromatic carbocycles. The summed E-state index contributed by atoms with van der Waals surface area (Å²) in [6.07, 6.45) is 0. The van der Waals surface area contributed by atoms with Gasteiger partial charge in [-0.3, -0.25) is 4.79 Å². The van der Waals surface area contributed by atoms with Gasteiger partial charge in [-0.25, -0.2) is 0 Å². The molecule has 0 unspecified atom stereocenters. The van der Waals surface area contributed by atoms with Gasteiger partial charge in [0.25, 0.3) is 0 Å². The van der Waals surface area contributed by atoms with Crippen LogP contribution in [0, 0.1) is 11.3 Å². The average molecular weight is 288 g/mol. The van der Waals surface area contributed by atoms with Crippen molar-refractivity contribution in [2.45, 2.75) is 33.4 Å². The van der Waals surface area contributed by atoms with Gasteiger partial charge in [-0.15, -0.1) is 0 Å². The third-order valence-corrected chi connectivity index (χ3v) is 3.07. The second-order valence-electron chi connectivity index (χ2n) is 5.23. The zero-order valence-corrected chi connectivity index (χ0v) is 13.2. The van der Waals surface area contributed by atoms with Crippen molar-refractivity contribution in [2.24, 2.45) is 0 Å². The summed E-state index contributed by atoms with van der Waals surface area (Å²) in [5, 5.41) is 15.3. The second-order valence-corrected chi connectivity index (χ2v) is 5.23. The summed E-state index contributed by atoms with van der Waals surface area (Å²) >= 11 is 0. The van der Waals surface area contributed by atoms with Gasteiger partial charge in [-0.05, 0) is 45.5 Å². The highest BCUT2D eigenvalue weighted by Crippen LogP contribution is 2.21. The first-order valence-electron chi connectivity index (χ1n) is 7.23. The van der Waals surface area contributed by atoms with Crippen LogP contribution >= 0.6 is 0 Å². The predicted molar refractivity (Wildman–Crippen MR) is 85.1 cm³/mol. The standard InChI is InChI=1S/C16H24N4O/c1-5-20(11-16(21)19-12(2)3)15-7-6-13(10-18-4)8-14(15)9-17/h6-8,12,18H,5,10-11H2,1-4H3,(H,19,21). The molecule has 0 radical (unpaired) electrons. The number of rotatable bonds is 7. The van der Waals surface area contributed by atoms with Crippen molar-refractivity contribution in [2.75, 3.05) is 25.0 Å². The SMILES string of the molecule is CCN(CC(=O)NC(C)C)c1ccc(CNC)cc1C#N. The number of hydrogen-bond donors (Lipinski definition) is 2. The zero-order valence-electron chi connectivity index (χ0n) is 13.2. The second kappa shape index (κ2) is 8.28. The van der Waals surface area contributed by atoms with Crippen LogP contribution in [0.15, 0.2) is 18.2 Å². The summed E-state index contributed by atoms with van der Waals surface area (Å²) in [5.74, 6) is -0.0324.